The van der Waals surface area contributed by atoms with Gasteiger partial charge in [-0.3, -0.25) is 4.79 Å². The molecule has 2 atom stereocenters. The molecular weight excluding hydrogens is 152 g/mol. The Morgan fingerprint density at radius 1 is 1.42 bits per heavy atom. The van der Waals surface area contributed by atoms with Gasteiger partial charge in [0.05, 0.1) is 5.41 Å². The summed E-state index contributed by atoms with van der Waals surface area (Å²) in [4.78, 5) is 11.5. The van der Waals surface area contributed by atoms with Crippen molar-refractivity contribution in [2.45, 2.75) is 39.4 Å². The third kappa shape index (κ3) is 0.712. The van der Waals surface area contributed by atoms with Crippen LogP contribution >= 0.6 is 0 Å². The highest BCUT2D eigenvalue weighted by Gasteiger charge is 2.64. The predicted octanol–water partition coefficient (Wildman–Crippen LogP) is 1.70. The Kier molecular flexibility index (Phi) is 1.21. The molecule has 0 radical (unpaired) electrons. The van der Waals surface area contributed by atoms with Gasteiger partial charge in [-0.05, 0) is 39.3 Å². The SMILES string of the molecule is CC1=CC(=O)C(C)(C)C2OC12C. The second-order valence-electron chi connectivity index (χ2n) is 4.52. The van der Waals surface area contributed by atoms with Crippen LogP contribution in [-0.2, 0) is 9.53 Å². The van der Waals surface area contributed by atoms with Gasteiger partial charge in [-0.2, -0.15) is 0 Å². The summed E-state index contributed by atoms with van der Waals surface area (Å²) in [6.45, 7) is 7.92. The maximum Gasteiger partial charge on any atom is 0.164 e. The van der Waals surface area contributed by atoms with Gasteiger partial charge in [0, 0.05) is 0 Å². The monoisotopic (exact) mass is 166 g/mol. The average molecular weight is 166 g/mol. The largest absolute Gasteiger partial charge is 0.361 e. The molecule has 0 spiro atoms. The van der Waals surface area contributed by atoms with E-state index in [0.717, 1.165) is 5.57 Å². The number of carbonyl (C=O) groups is 1. The Balaban J connectivity index is 2.46. The molecule has 2 aliphatic rings. The molecule has 1 aliphatic carbocycles. The fourth-order valence-corrected chi connectivity index (χ4v) is 2.00. The predicted molar refractivity (Wildman–Crippen MR) is 45.8 cm³/mol. The molecule has 0 aromatic heterocycles. The van der Waals surface area contributed by atoms with E-state index in [2.05, 4.69) is 6.92 Å². The Hall–Kier alpha value is -0.630. The van der Waals surface area contributed by atoms with Gasteiger partial charge in [0.1, 0.15) is 11.7 Å². The number of ketones is 1. The van der Waals surface area contributed by atoms with Crippen LogP contribution in [-0.4, -0.2) is 17.5 Å². The molecule has 0 amide bonds. The molecule has 1 aliphatic heterocycles. The lowest BCUT2D eigenvalue weighted by Gasteiger charge is -2.25. The smallest absolute Gasteiger partial charge is 0.164 e. The highest BCUT2D eigenvalue weighted by Crippen LogP contribution is 2.54. The second kappa shape index (κ2) is 1.82. The summed E-state index contributed by atoms with van der Waals surface area (Å²) in [7, 11) is 0. The van der Waals surface area contributed by atoms with E-state index >= 15 is 0 Å². The maximum absolute atomic E-state index is 11.5. The molecule has 12 heavy (non-hydrogen) atoms. The molecule has 0 aromatic rings. The highest BCUT2D eigenvalue weighted by atomic mass is 16.6. The van der Waals surface area contributed by atoms with Crippen molar-refractivity contribution in [1.29, 1.82) is 0 Å². The molecule has 0 aromatic carbocycles. The van der Waals surface area contributed by atoms with Crippen molar-refractivity contribution in [3.05, 3.63) is 11.6 Å². The lowest BCUT2D eigenvalue weighted by Crippen LogP contribution is -2.37. The lowest BCUT2D eigenvalue weighted by atomic mass is 9.73. The number of hydrogen-bond donors (Lipinski definition) is 0. The summed E-state index contributed by atoms with van der Waals surface area (Å²) < 4.78 is 5.57. The third-order valence-corrected chi connectivity index (χ3v) is 3.23. The molecule has 1 fully saturated rings. The highest BCUT2D eigenvalue weighted by molar-refractivity contribution is 5.97. The maximum atomic E-state index is 11.5. The fraction of sp³-hybridized carbons (Fsp3) is 0.700. The van der Waals surface area contributed by atoms with Gasteiger partial charge in [-0.25, -0.2) is 0 Å². The number of allylic oxidation sites excluding steroid dienone is 1. The van der Waals surface area contributed by atoms with Crippen LogP contribution in [0.15, 0.2) is 11.6 Å². The summed E-state index contributed by atoms with van der Waals surface area (Å²) in [5, 5.41) is 0. The number of rotatable bonds is 0. The normalized spacial score (nSPS) is 43.5. The number of fused-ring (bicyclic) bond motifs is 1. The van der Waals surface area contributed by atoms with Crippen LogP contribution in [0.5, 0.6) is 0 Å². The first-order chi connectivity index (χ1) is 5.39. The van der Waals surface area contributed by atoms with Crippen LogP contribution in [0.2, 0.25) is 0 Å². The van der Waals surface area contributed by atoms with Crippen LogP contribution in [0, 0.1) is 5.41 Å². The first-order valence-electron chi connectivity index (χ1n) is 4.30. The molecule has 0 N–H and O–H groups in total. The fourth-order valence-electron chi connectivity index (χ4n) is 2.00. The van der Waals surface area contributed by atoms with E-state index in [9.17, 15) is 4.79 Å². The van der Waals surface area contributed by atoms with Crippen molar-refractivity contribution in [3.8, 4) is 0 Å². The van der Waals surface area contributed by atoms with Crippen molar-refractivity contribution in [3.63, 3.8) is 0 Å². The van der Waals surface area contributed by atoms with E-state index in [1.807, 2.05) is 20.8 Å². The van der Waals surface area contributed by atoms with E-state index in [1.54, 1.807) is 6.08 Å². The van der Waals surface area contributed by atoms with Gasteiger partial charge in [0.15, 0.2) is 5.78 Å². The van der Waals surface area contributed by atoms with Crippen molar-refractivity contribution >= 4 is 5.78 Å². The zero-order chi connectivity index (χ0) is 9.15. The Morgan fingerprint density at radius 2 is 2.00 bits per heavy atom. The van der Waals surface area contributed by atoms with Gasteiger partial charge in [0.2, 0.25) is 0 Å². The van der Waals surface area contributed by atoms with Crippen LogP contribution in [0.1, 0.15) is 27.7 Å². The minimum absolute atomic E-state index is 0.0995. The summed E-state index contributed by atoms with van der Waals surface area (Å²) >= 11 is 0. The minimum Gasteiger partial charge on any atom is -0.361 e. The van der Waals surface area contributed by atoms with Crippen molar-refractivity contribution in [2.75, 3.05) is 0 Å². The first kappa shape index (κ1) is 7.99. The van der Waals surface area contributed by atoms with Crippen molar-refractivity contribution in [1.82, 2.24) is 0 Å². The van der Waals surface area contributed by atoms with Gasteiger partial charge >= 0.3 is 0 Å². The van der Waals surface area contributed by atoms with E-state index in [1.165, 1.54) is 0 Å². The van der Waals surface area contributed by atoms with Gasteiger partial charge in [0.25, 0.3) is 0 Å². The molecule has 66 valence electrons. The molecule has 2 nitrogen and oxygen atoms in total. The van der Waals surface area contributed by atoms with Crippen LogP contribution in [0.4, 0.5) is 0 Å². The summed E-state index contributed by atoms with van der Waals surface area (Å²) in [5.74, 6) is 0.194. The Labute approximate surface area is 72.6 Å². The Morgan fingerprint density at radius 3 is 2.58 bits per heavy atom. The molecule has 0 bridgehead atoms. The quantitative estimate of drug-likeness (QED) is 0.512. The number of ether oxygens (including phenoxy) is 1. The van der Waals surface area contributed by atoms with Crippen molar-refractivity contribution < 1.29 is 9.53 Å². The summed E-state index contributed by atoms with van der Waals surface area (Å²) in [6.07, 6.45) is 1.83. The summed E-state index contributed by atoms with van der Waals surface area (Å²) in [6, 6.07) is 0. The van der Waals surface area contributed by atoms with E-state index in [4.69, 9.17) is 4.74 Å². The zero-order valence-electron chi connectivity index (χ0n) is 7.97. The molecular formula is C10H14O2. The van der Waals surface area contributed by atoms with E-state index < -0.39 is 0 Å². The van der Waals surface area contributed by atoms with Crippen molar-refractivity contribution in [2.24, 2.45) is 5.41 Å². The number of carbonyl (C=O) groups excluding carboxylic acids is 1. The van der Waals surface area contributed by atoms with Crippen LogP contribution in [0.25, 0.3) is 0 Å². The molecule has 2 heteroatoms. The number of epoxide rings is 1. The topological polar surface area (TPSA) is 29.6 Å². The molecule has 2 unspecified atom stereocenters. The van der Waals surface area contributed by atoms with Crippen LogP contribution in [0.3, 0.4) is 0 Å². The average Bonchev–Trinajstić information content (AvgIpc) is 2.62. The standard InChI is InChI=1S/C10H14O2/c1-6-5-7(11)9(2,3)8-10(6,4)12-8/h5,8H,1-4H3. The van der Waals surface area contributed by atoms with E-state index in [-0.39, 0.29) is 22.9 Å². The first-order valence-corrected chi connectivity index (χ1v) is 4.30. The number of hydrogen-bond acceptors (Lipinski definition) is 2. The zero-order valence-corrected chi connectivity index (χ0v) is 7.97. The molecule has 0 saturated carbocycles. The van der Waals surface area contributed by atoms with Gasteiger partial charge < -0.3 is 4.74 Å². The Bertz CT molecular complexity index is 288. The third-order valence-electron chi connectivity index (χ3n) is 3.23. The minimum atomic E-state index is -0.325. The molecule has 1 heterocycles. The van der Waals surface area contributed by atoms with Crippen LogP contribution < -0.4 is 0 Å². The van der Waals surface area contributed by atoms with E-state index in [0.29, 0.717) is 0 Å². The van der Waals surface area contributed by atoms with Gasteiger partial charge in [-0.1, -0.05) is 0 Å². The molecule has 1 saturated heterocycles. The lowest BCUT2D eigenvalue weighted by molar-refractivity contribution is -0.123. The second-order valence-corrected chi connectivity index (χ2v) is 4.52. The summed E-state index contributed by atoms with van der Waals surface area (Å²) in [5.41, 5.74) is 0.600. The molecule has 2 rings (SSSR count). The van der Waals surface area contributed by atoms with Gasteiger partial charge in [-0.15, -0.1) is 0 Å².